The highest BCUT2D eigenvalue weighted by Gasteiger charge is 2.24. The molecule has 5 nitrogen and oxygen atoms in total. The van der Waals surface area contributed by atoms with Crippen LogP contribution >= 0.6 is 0 Å². The minimum atomic E-state index is -0.144. The zero-order chi connectivity index (χ0) is 18.1. The molecule has 6 heteroatoms. The summed E-state index contributed by atoms with van der Waals surface area (Å²) in [7, 11) is 0. The van der Waals surface area contributed by atoms with Crippen LogP contribution in [-0.2, 0) is 6.42 Å². The molecule has 134 valence electrons. The Kier molecular flexibility index (Phi) is 4.51. The number of H-pyrrole nitrogens is 1. The summed E-state index contributed by atoms with van der Waals surface area (Å²) in [5.74, 6) is 0.767. The van der Waals surface area contributed by atoms with Crippen molar-refractivity contribution in [1.82, 2.24) is 25.5 Å². The number of aromatic nitrogens is 4. The number of benzene rings is 2. The van der Waals surface area contributed by atoms with Gasteiger partial charge in [0.15, 0.2) is 0 Å². The van der Waals surface area contributed by atoms with E-state index in [0.29, 0.717) is 11.7 Å². The number of nitrogens with one attached hydrogen (secondary N) is 1. The number of hydrogen-bond donors (Lipinski definition) is 1. The number of rotatable bonds is 3. The average Bonchev–Trinajstić information content (AvgIpc) is 3.14. The molecule has 0 aliphatic carbocycles. The lowest BCUT2D eigenvalue weighted by Crippen LogP contribution is -2.30. The third kappa shape index (κ3) is 3.24. The van der Waals surface area contributed by atoms with Crippen molar-refractivity contribution in [2.24, 2.45) is 0 Å². The monoisotopic (exact) mass is 351 g/mol. The van der Waals surface area contributed by atoms with Crippen LogP contribution in [0, 0.1) is 5.82 Å². The molecule has 4 rings (SSSR count). The lowest BCUT2D eigenvalue weighted by molar-refractivity contribution is 0.209. The van der Waals surface area contributed by atoms with Crippen molar-refractivity contribution in [3.8, 4) is 11.4 Å². The maximum absolute atomic E-state index is 13.6. The van der Waals surface area contributed by atoms with Crippen LogP contribution in [0.4, 0.5) is 4.39 Å². The molecular weight excluding hydrogens is 329 g/mol. The maximum Gasteiger partial charge on any atom is 0.204 e. The molecule has 1 aliphatic rings. The van der Waals surface area contributed by atoms with Crippen LogP contribution in [0.15, 0.2) is 42.5 Å². The summed E-state index contributed by atoms with van der Waals surface area (Å²) in [5, 5.41) is 14.1. The predicted octanol–water partition coefficient (Wildman–Crippen LogP) is 3.73. The summed E-state index contributed by atoms with van der Waals surface area (Å²) in [6, 6.07) is 13.8. The molecule has 2 atom stereocenters. The number of halogens is 1. The van der Waals surface area contributed by atoms with Gasteiger partial charge in [0, 0.05) is 24.7 Å². The van der Waals surface area contributed by atoms with Crippen molar-refractivity contribution < 1.29 is 4.39 Å². The minimum Gasteiger partial charge on any atom is -0.296 e. The highest BCUT2D eigenvalue weighted by atomic mass is 19.1. The van der Waals surface area contributed by atoms with E-state index in [4.69, 9.17) is 0 Å². The number of tetrazole rings is 1. The number of nitrogens with zero attached hydrogens (tertiary/aromatic N) is 4. The van der Waals surface area contributed by atoms with E-state index in [2.05, 4.69) is 51.5 Å². The van der Waals surface area contributed by atoms with Crippen molar-refractivity contribution >= 4 is 0 Å². The second-order valence-electron chi connectivity index (χ2n) is 7.02. The maximum atomic E-state index is 13.6. The van der Waals surface area contributed by atoms with E-state index in [1.165, 1.54) is 11.1 Å². The molecule has 3 aromatic rings. The van der Waals surface area contributed by atoms with E-state index in [0.717, 1.165) is 30.6 Å². The molecule has 0 bridgehead atoms. The van der Waals surface area contributed by atoms with Gasteiger partial charge in [-0.05, 0) is 53.3 Å². The molecule has 0 fully saturated rings. The zero-order valence-corrected chi connectivity index (χ0v) is 15.0. The number of aromatic amines is 1. The Morgan fingerprint density at radius 2 is 2.00 bits per heavy atom. The lowest BCUT2D eigenvalue weighted by Gasteiger charge is -2.30. The molecule has 0 saturated carbocycles. The second kappa shape index (κ2) is 6.96. The molecule has 0 saturated heterocycles. The molecule has 2 unspecified atom stereocenters. The van der Waals surface area contributed by atoms with Crippen molar-refractivity contribution in [1.29, 1.82) is 0 Å². The zero-order valence-electron chi connectivity index (χ0n) is 15.0. The van der Waals surface area contributed by atoms with Crippen molar-refractivity contribution in [3.63, 3.8) is 0 Å². The fourth-order valence-corrected chi connectivity index (χ4v) is 3.82. The topological polar surface area (TPSA) is 57.7 Å². The van der Waals surface area contributed by atoms with Gasteiger partial charge in [0.25, 0.3) is 0 Å². The van der Waals surface area contributed by atoms with Gasteiger partial charge in [0.2, 0.25) is 5.82 Å². The van der Waals surface area contributed by atoms with Crippen LogP contribution in [0.1, 0.15) is 42.5 Å². The smallest absolute Gasteiger partial charge is 0.204 e. The molecule has 1 N–H and O–H groups in total. The third-order valence-corrected chi connectivity index (χ3v) is 5.36. The van der Waals surface area contributed by atoms with Gasteiger partial charge >= 0.3 is 0 Å². The molecule has 26 heavy (non-hydrogen) atoms. The van der Waals surface area contributed by atoms with Gasteiger partial charge in [0.1, 0.15) is 5.82 Å². The molecule has 1 aliphatic heterocycles. The van der Waals surface area contributed by atoms with Crippen LogP contribution in [-0.4, -0.2) is 38.6 Å². The first-order valence-electron chi connectivity index (χ1n) is 8.98. The van der Waals surface area contributed by atoms with E-state index < -0.39 is 0 Å². The fraction of sp³-hybridized carbons (Fsp3) is 0.350. The molecule has 0 radical (unpaired) electrons. The Morgan fingerprint density at radius 1 is 1.19 bits per heavy atom. The summed E-state index contributed by atoms with van der Waals surface area (Å²) in [6.07, 6.45) is 0.950. The van der Waals surface area contributed by atoms with Gasteiger partial charge < -0.3 is 0 Å². The fourth-order valence-electron chi connectivity index (χ4n) is 3.82. The largest absolute Gasteiger partial charge is 0.296 e. The lowest BCUT2D eigenvalue weighted by atomic mass is 9.95. The standard InChI is InChI=1S/C20H22FN5/c1-13-12-26(10-9-16-7-8-18(21)11-19(13)16)14(2)15-3-5-17(6-4-15)20-22-24-25-23-20/h3-8,11,13-14H,9-10,12H2,1-2H3,(H,22,23,24,25). The van der Waals surface area contributed by atoms with E-state index in [9.17, 15) is 4.39 Å². The van der Waals surface area contributed by atoms with E-state index >= 15 is 0 Å². The minimum absolute atomic E-state index is 0.144. The molecule has 2 heterocycles. The van der Waals surface area contributed by atoms with Gasteiger partial charge in [-0.15, -0.1) is 10.2 Å². The Labute approximate surface area is 152 Å². The van der Waals surface area contributed by atoms with Crippen molar-refractivity contribution in [2.75, 3.05) is 13.1 Å². The SMILES string of the molecule is CC1CN(C(C)c2ccc(-c3nn[nH]n3)cc2)CCc2ccc(F)cc21. The van der Waals surface area contributed by atoms with Crippen molar-refractivity contribution in [2.45, 2.75) is 32.2 Å². The van der Waals surface area contributed by atoms with Gasteiger partial charge in [-0.1, -0.05) is 37.3 Å². The Hall–Kier alpha value is -2.60. The van der Waals surface area contributed by atoms with Crippen LogP contribution in [0.5, 0.6) is 0 Å². The van der Waals surface area contributed by atoms with Crippen LogP contribution < -0.4 is 0 Å². The summed E-state index contributed by atoms with van der Waals surface area (Å²) in [5.41, 5.74) is 4.61. The van der Waals surface area contributed by atoms with Gasteiger partial charge in [-0.3, -0.25) is 4.90 Å². The molecule has 0 amide bonds. The summed E-state index contributed by atoms with van der Waals surface area (Å²) >= 11 is 0. The summed E-state index contributed by atoms with van der Waals surface area (Å²) in [6.45, 7) is 6.30. The van der Waals surface area contributed by atoms with E-state index in [1.54, 1.807) is 12.1 Å². The normalized spacial score (nSPS) is 19.0. The first kappa shape index (κ1) is 16.8. The molecular formula is C20H22FN5. The first-order valence-corrected chi connectivity index (χ1v) is 8.98. The Morgan fingerprint density at radius 3 is 2.73 bits per heavy atom. The quantitative estimate of drug-likeness (QED) is 0.781. The third-order valence-electron chi connectivity index (χ3n) is 5.36. The predicted molar refractivity (Wildman–Crippen MR) is 98.1 cm³/mol. The first-order chi connectivity index (χ1) is 12.6. The van der Waals surface area contributed by atoms with Crippen LogP contribution in [0.25, 0.3) is 11.4 Å². The highest BCUT2D eigenvalue weighted by Crippen LogP contribution is 2.31. The van der Waals surface area contributed by atoms with Crippen LogP contribution in [0.2, 0.25) is 0 Å². The summed E-state index contributed by atoms with van der Waals surface area (Å²) in [4.78, 5) is 2.48. The second-order valence-corrected chi connectivity index (χ2v) is 7.02. The highest BCUT2D eigenvalue weighted by molar-refractivity contribution is 5.54. The average molecular weight is 351 g/mol. The van der Waals surface area contributed by atoms with Crippen LogP contribution in [0.3, 0.4) is 0 Å². The molecule has 1 aromatic heterocycles. The van der Waals surface area contributed by atoms with Gasteiger partial charge in [-0.2, -0.15) is 5.21 Å². The van der Waals surface area contributed by atoms with Gasteiger partial charge in [-0.25, -0.2) is 4.39 Å². The Bertz CT molecular complexity index is 876. The van der Waals surface area contributed by atoms with E-state index in [-0.39, 0.29) is 11.9 Å². The van der Waals surface area contributed by atoms with E-state index in [1.807, 2.05) is 18.2 Å². The number of fused-ring (bicyclic) bond motifs is 1. The summed E-state index contributed by atoms with van der Waals surface area (Å²) < 4.78 is 13.6. The Balaban J connectivity index is 1.52. The van der Waals surface area contributed by atoms with Gasteiger partial charge in [0.05, 0.1) is 0 Å². The molecule has 0 spiro atoms. The number of hydrogen-bond acceptors (Lipinski definition) is 4. The molecule has 2 aromatic carbocycles. The van der Waals surface area contributed by atoms with Crippen molar-refractivity contribution in [3.05, 3.63) is 65.0 Å².